The summed E-state index contributed by atoms with van der Waals surface area (Å²) in [6.07, 6.45) is 0. The zero-order valence-electron chi connectivity index (χ0n) is 10.4. The molecule has 0 unspecified atom stereocenters. The van der Waals surface area contributed by atoms with Crippen LogP contribution in [0.5, 0.6) is 0 Å². The molecule has 0 aliphatic rings. The van der Waals surface area contributed by atoms with E-state index in [0.29, 0.717) is 13.2 Å². The van der Waals surface area contributed by atoms with Crippen LogP contribution in [-0.2, 0) is 18.0 Å². The van der Waals surface area contributed by atoms with Crippen molar-refractivity contribution in [1.82, 2.24) is 0 Å². The summed E-state index contributed by atoms with van der Waals surface area (Å²) < 4.78 is 6.54. The van der Waals surface area contributed by atoms with Crippen molar-refractivity contribution in [3.05, 3.63) is 73.2 Å². The van der Waals surface area contributed by atoms with E-state index in [1.165, 1.54) is 12.1 Å². The van der Waals surface area contributed by atoms with Crippen LogP contribution in [0.25, 0.3) is 0 Å². The summed E-state index contributed by atoms with van der Waals surface area (Å²) in [4.78, 5) is 10.3. The Bertz CT molecular complexity index is 634. The molecule has 0 saturated heterocycles. The van der Waals surface area contributed by atoms with E-state index in [1.54, 1.807) is 6.07 Å². The zero-order chi connectivity index (χ0) is 14.5. The normalized spacial score (nSPS) is 10.5. The fourth-order valence-electron chi connectivity index (χ4n) is 1.70. The van der Waals surface area contributed by atoms with Crippen LogP contribution in [0, 0.1) is 10.1 Å². The van der Waals surface area contributed by atoms with Crippen molar-refractivity contribution in [3.63, 3.8) is 0 Å². The number of hydrogen-bond donors (Lipinski definition) is 0. The molecule has 0 aliphatic heterocycles. The van der Waals surface area contributed by atoms with Gasteiger partial charge in [-0.15, -0.1) is 0 Å². The first kappa shape index (κ1) is 15.0. The van der Waals surface area contributed by atoms with Gasteiger partial charge in [-0.25, -0.2) is 0 Å². The topological polar surface area (TPSA) is 52.4 Å². The van der Waals surface area contributed by atoms with Crippen molar-refractivity contribution >= 4 is 33.2 Å². The third-order valence-electron chi connectivity index (χ3n) is 2.63. The lowest BCUT2D eigenvalue weighted by atomic mass is 10.2. The van der Waals surface area contributed by atoms with Crippen LogP contribution in [0.2, 0.25) is 5.02 Å². The lowest BCUT2D eigenvalue weighted by molar-refractivity contribution is -0.384. The molecule has 0 aromatic heterocycles. The minimum atomic E-state index is -0.500. The maximum absolute atomic E-state index is 10.8. The van der Waals surface area contributed by atoms with Gasteiger partial charge < -0.3 is 4.74 Å². The second-order valence-electron chi connectivity index (χ2n) is 4.17. The van der Waals surface area contributed by atoms with Gasteiger partial charge in [0, 0.05) is 10.5 Å². The van der Waals surface area contributed by atoms with Crippen LogP contribution in [0.4, 0.5) is 5.69 Å². The van der Waals surface area contributed by atoms with Gasteiger partial charge in [-0.1, -0.05) is 45.7 Å². The number of nitro benzene ring substituents is 1. The summed E-state index contributed by atoms with van der Waals surface area (Å²) in [6, 6.07) is 12.4. The van der Waals surface area contributed by atoms with Gasteiger partial charge in [-0.3, -0.25) is 10.1 Å². The van der Waals surface area contributed by atoms with E-state index in [2.05, 4.69) is 15.9 Å². The molecule has 0 atom stereocenters. The molecular weight excluding hydrogens is 346 g/mol. The largest absolute Gasteiger partial charge is 0.372 e. The Kier molecular flexibility index (Phi) is 5.11. The van der Waals surface area contributed by atoms with E-state index in [-0.39, 0.29) is 10.7 Å². The molecular formula is C14H11BrClNO3. The Morgan fingerprint density at radius 1 is 1.15 bits per heavy atom. The molecule has 0 fully saturated rings. The first-order valence-corrected chi connectivity index (χ1v) is 6.98. The SMILES string of the molecule is O=[N+]([O-])c1cc(COCc2cccc(Br)c2)ccc1Cl. The lowest BCUT2D eigenvalue weighted by Crippen LogP contribution is -1.96. The summed E-state index contributed by atoms with van der Waals surface area (Å²) in [5.41, 5.74) is 1.65. The number of rotatable bonds is 5. The monoisotopic (exact) mass is 355 g/mol. The Morgan fingerprint density at radius 3 is 2.50 bits per heavy atom. The molecule has 0 heterocycles. The molecule has 20 heavy (non-hydrogen) atoms. The summed E-state index contributed by atoms with van der Waals surface area (Å²) in [6.45, 7) is 0.736. The molecule has 0 amide bonds. The van der Waals surface area contributed by atoms with Crippen molar-refractivity contribution < 1.29 is 9.66 Å². The van der Waals surface area contributed by atoms with Gasteiger partial charge in [0.15, 0.2) is 0 Å². The smallest absolute Gasteiger partial charge is 0.288 e. The average molecular weight is 357 g/mol. The number of ether oxygens (including phenoxy) is 1. The van der Waals surface area contributed by atoms with Crippen LogP contribution in [0.15, 0.2) is 46.9 Å². The van der Waals surface area contributed by atoms with E-state index in [1.807, 2.05) is 24.3 Å². The van der Waals surface area contributed by atoms with Gasteiger partial charge >= 0.3 is 0 Å². The molecule has 2 aromatic rings. The summed E-state index contributed by atoms with van der Waals surface area (Å²) in [5, 5.41) is 10.9. The summed E-state index contributed by atoms with van der Waals surface area (Å²) in [5.74, 6) is 0. The first-order chi connectivity index (χ1) is 9.56. The molecule has 0 saturated carbocycles. The van der Waals surface area contributed by atoms with Gasteiger partial charge in [-0.2, -0.15) is 0 Å². The number of hydrogen-bond acceptors (Lipinski definition) is 3. The Morgan fingerprint density at radius 2 is 1.85 bits per heavy atom. The maximum Gasteiger partial charge on any atom is 0.288 e. The van der Waals surface area contributed by atoms with Crippen molar-refractivity contribution in [2.24, 2.45) is 0 Å². The van der Waals surface area contributed by atoms with Crippen molar-refractivity contribution in [2.75, 3.05) is 0 Å². The highest BCUT2D eigenvalue weighted by Crippen LogP contribution is 2.25. The fourth-order valence-corrected chi connectivity index (χ4v) is 2.33. The van der Waals surface area contributed by atoms with E-state index in [0.717, 1.165) is 15.6 Å². The minimum Gasteiger partial charge on any atom is -0.372 e. The van der Waals surface area contributed by atoms with Crippen LogP contribution in [0.1, 0.15) is 11.1 Å². The third kappa shape index (κ3) is 4.03. The number of nitrogens with zero attached hydrogens (tertiary/aromatic N) is 1. The summed E-state index contributed by atoms with van der Waals surface area (Å²) in [7, 11) is 0. The predicted molar refractivity (Wildman–Crippen MR) is 80.7 cm³/mol. The molecule has 104 valence electrons. The second kappa shape index (κ2) is 6.83. The van der Waals surface area contributed by atoms with Crippen molar-refractivity contribution in [1.29, 1.82) is 0 Å². The van der Waals surface area contributed by atoms with Crippen LogP contribution < -0.4 is 0 Å². The molecule has 2 rings (SSSR count). The predicted octanol–water partition coefficient (Wildman–Crippen LogP) is 4.73. The molecule has 0 aliphatic carbocycles. The third-order valence-corrected chi connectivity index (χ3v) is 3.45. The first-order valence-electron chi connectivity index (χ1n) is 5.81. The van der Waals surface area contributed by atoms with Gasteiger partial charge in [-0.05, 0) is 29.3 Å². The highest BCUT2D eigenvalue weighted by atomic mass is 79.9. The molecule has 0 bridgehead atoms. The zero-order valence-corrected chi connectivity index (χ0v) is 12.7. The Hall–Kier alpha value is -1.43. The quantitative estimate of drug-likeness (QED) is 0.575. The minimum absolute atomic E-state index is 0.102. The fraction of sp³-hybridized carbons (Fsp3) is 0.143. The van der Waals surface area contributed by atoms with E-state index < -0.39 is 4.92 Å². The number of halogens is 2. The highest BCUT2D eigenvalue weighted by Gasteiger charge is 2.12. The molecule has 6 heteroatoms. The highest BCUT2D eigenvalue weighted by molar-refractivity contribution is 9.10. The van der Waals surface area contributed by atoms with E-state index in [4.69, 9.17) is 16.3 Å². The molecule has 0 spiro atoms. The van der Waals surface area contributed by atoms with Crippen molar-refractivity contribution in [3.8, 4) is 0 Å². The van der Waals surface area contributed by atoms with Gasteiger partial charge in [0.1, 0.15) is 5.02 Å². The van der Waals surface area contributed by atoms with Gasteiger partial charge in [0.05, 0.1) is 18.1 Å². The maximum atomic E-state index is 10.8. The van der Waals surface area contributed by atoms with Crippen LogP contribution in [0.3, 0.4) is 0 Å². The Labute approximate surface area is 129 Å². The van der Waals surface area contributed by atoms with Crippen molar-refractivity contribution in [2.45, 2.75) is 13.2 Å². The lowest BCUT2D eigenvalue weighted by Gasteiger charge is -2.05. The van der Waals surface area contributed by atoms with Gasteiger partial charge in [0.25, 0.3) is 5.69 Å². The standard InChI is InChI=1S/C14H11BrClNO3/c15-12-3-1-2-10(6-12)8-20-9-11-4-5-13(16)14(7-11)17(18)19/h1-7H,8-9H2. The molecule has 0 N–H and O–H groups in total. The molecule has 4 nitrogen and oxygen atoms in total. The van der Waals surface area contributed by atoms with E-state index >= 15 is 0 Å². The Balaban J connectivity index is 1.97. The van der Waals surface area contributed by atoms with E-state index in [9.17, 15) is 10.1 Å². The summed E-state index contributed by atoms with van der Waals surface area (Å²) >= 11 is 9.14. The second-order valence-corrected chi connectivity index (χ2v) is 5.49. The average Bonchev–Trinajstić information content (AvgIpc) is 2.40. The molecule has 0 radical (unpaired) electrons. The van der Waals surface area contributed by atoms with Gasteiger partial charge in [0.2, 0.25) is 0 Å². The number of benzene rings is 2. The molecule has 2 aromatic carbocycles. The van der Waals surface area contributed by atoms with Crippen LogP contribution >= 0.6 is 27.5 Å². The van der Waals surface area contributed by atoms with Crippen LogP contribution in [-0.4, -0.2) is 4.92 Å². The number of nitro groups is 1.